The van der Waals surface area contributed by atoms with Gasteiger partial charge in [-0.15, -0.1) is 39.5 Å². The Hall–Kier alpha value is -1.03. The predicted molar refractivity (Wildman–Crippen MR) is 87.9 cm³/mol. The van der Waals surface area contributed by atoms with Gasteiger partial charge >= 0.3 is 0 Å². The summed E-state index contributed by atoms with van der Waals surface area (Å²) in [4.78, 5) is 0. The molecule has 1 aliphatic rings. The first-order chi connectivity index (χ1) is 8.49. The zero-order valence-corrected chi connectivity index (χ0v) is 13.7. The molecule has 0 unspecified atom stereocenters. The van der Waals surface area contributed by atoms with E-state index >= 15 is 0 Å². The highest BCUT2D eigenvalue weighted by Crippen LogP contribution is 2.17. The van der Waals surface area contributed by atoms with Crippen molar-refractivity contribution in [2.24, 2.45) is 0 Å². The minimum absolute atomic E-state index is 1.93. The fourth-order valence-corrected chi connectivity index (χ4v) is 18.0. The summed E-state index contributed by atoms with van der Waals surface area (Å²) in [6, 6.07) is 0. The smallest absolute Gasteiger partial charge is 0.241 e. The molecule has 0 aliphatic carbocycles. The Morgan fingerprint density at radius 1 is 0.444 bits per heavy atom. The lowest BCUT2D eigenvalue weighted by Crippen LogP contribution is -2.90. The maximum atomic E-state index is 3.94. The predicted octanol–water partition coefficient (Wildman–Crippen LogP) is 1.45. The molecule has 0 aromatic rings. The molecular formula is C12H21N3Si3. The van der Waals surface area contributed by atoms with Gasteiger partial charge in [-0.1, -0.05) is 34.2 Å². The van der Waals surface area contributed by atoms with E-state index in [1.54, 1.807) is 0 Å². The Balaban J connectivity index is 3.38. The monoisotopic (exact) mass is 291 g/mol. The van der Waals surface area contributed by atoms with E-state index in [1.165, 1.54) is 0 Å². The van der Waals surface area contributed by atoms with Gasteiger partial charge in [0.25, 0.3) is 0 Å². The van der Waals surface area contributed by atoms with Crippen LogP contribution in [0.1, 0.15) is 0 Å². The van der Waals surface area contributed by atoms with Crippen molar-refractivity contribution >= 4 is 25.2 Å². The van der Waals surface area contributed by atoms with Crippen LogP contribution in [0, 0.1) is 0 Å². The maximum absolute atomic E-state index is 3.94. The highest BCUT2D eigenvalue weighted by atomic mass is 28.5. The molecule has 0 radical (unpaired) electrons. The standard InChI is InChI=1S/C12H21N3Si3/c1-7-16(8-2)13-17(9-3,10-4)15-18(11-5,12-6)14-16/h7-15H,1-6H2. The molecule has 3 N–H and O–H groups in total. The molecule has 0 amide bonds. The molecule has 0 atom stereocenters. The molecule has 1 aliphatic heterocycles. The first kappa shape index (κ1) is 15.0. The molecule has 0 bridgehead atoms. The Bertz CT molecular complexity index is 319. The fraction of sp³-hybridized carbons (Fsp3) is 0. The van der Waals surface area contributed by atoms with Crippen molar-refractivity contribution in [1.29, 1.82) is 0 Å². The van der Waals surface area contributed by atoms with E-state index in [-0.39, 0.29) is 0 Å². The lowest BCUT2D eigenvalue weighted by atomic mass is 11.2. The van der Waals surface area contributed by atoms with Crippen LogP contribution in [-0.4, -0.2) is 25.2 Å². The first-order valence-electron chi connectivity index (χ1n) is 5.68. The quantitative estimate of drug-likeness (QED) is 0.648. The van der Waals surface area contributed by atoms with Crippen molar-refractivity contribution in [3.8, 4) is 0 Å². The van der Waals surface area contributed by atoms with Crippen molar-refractivity contribution in [1.82, 2.24) is 13.9 Å². The van der Waals surface area contributed by atoms with Crippen LogP contribution in [-0.2, 0) is 0 Å². The van der Waals surface area contributed by atoms with Gasteiger partial charge in [0.05, 0.1) is 0 Å². The summed E-state index contributed by atoms with van der Waals surface area (Å²) in [5.74, 6) is 0. The Kier molecular flexibility index (Phi) is 4.43. The second-order valence-corrected chi connectivity index (χ2v) is 14.9. The van der Waals surface area contributed by atoms with Crippen LogP contribution >= 0.6 is 0 Å². The number of nitrogens with one attached hydrogen (secondary N) is 3. The third-order valence-corrected chi connectivity index (χ3v) is 17.0. The second-order valence-electron chi connectivity index (χ2n) is 4.21. The van der Waals surface area contributed by atoms with E-state index in [0.717, 1.165) is 0 Å². The summed E-state index contributed by atoms with van der Waals surface area (Å²) in [6.07, 6.45) is 0. The average Bonchev–Trinajstić information content (AvgIpc) is 2.46. The van der Waals surface area contributed by atoms with Crippen LogP contribution in [0.2, 0.25) is 0 Å². The molecule has 1 heterocycles. The molecular weight excluding hydrogens is 270 g/mol. The summed E-state index contributed by atoms with van der Waals surface area (Å²) in [5, 5.41) is 0. The summed E-state index contributed by atoms with van der Waals surface area (Å²) in [7, 11) is -6.54. The van der Waals surface area contributed by atoms with Crippen LogP contribution < -0.4 is 13.9 Å². The number of hydrogen-bond acceptors (Lipinski definition) is 3. The van der Waals surface area contributed by atoms with Crippen LogP contribution in [0.15, 0.2) is 73.7 Å². The van der Waals surface area contributed by atoms with Crippen molar-refractivity contribution in [3.63, 3.8) is 0 Å². The molecule has 3 nitrogen and oxygen atoms in total. The van der Waals surface area contributed by atoms with E-state index in [1.807, 2.05) is 34.2 Å². The van der Waals surface area contributed by atoms with E-state index < -0.39 is 25.2 Å². The number of rotatable bonds is 6. The van der Waals surface area contributed by atoms with Crippen LogP contribution in [0.4, 0.5) is 0 Å². The van der Waals surface area contributed by atoms with Crippen LogP contribution in [0.25, 0.3) is 0 Å². The van der Waals surface area contributed by atoms with Crippen LogP contribution in [0.3, 0.4) is 0 Å². The van der Waals surface area contributed by atoms with Gasteiger partial charge in [0.15, 0.2) is 0 Å². The van der Waals surface area contributed by atoms with E-state index in [0.29, 0.717) is 0 Å². The molecule has 18 heavy (non-hydrogen) atoms. The first-order valence-corrected chi connectivity index (χ1v) is 12.1. The van der Waals surface area contributed by atoms with Gasteiger partial charge in [0.1, 0.15) is 0 Å². The summed E-state index contributed by atoms with van der Waals surface area (Å²) < 4.78 is 10.9. The Labute approximate surface area is 113 Å². The van der Waals surface area contributed by atoms with Gasteiger partial charge in [-0.25, -0.2) is 0 Å². The van der Waals surface area contributed by atoms with Crippen molar-refractivity contribution < 1.29 is 0 Å². The van der Waals surface area contributed by atoms with Gasteiger partial charge in [0.2, 0.25) is 25.2 Å². The third-order valence-electron chi connectivity index (χ3n) is 3.17. The van der Waals surface area contributed by atoms with E-state index in [2.05, 4.69) is 53.4 Å². The van der Waals surface area contributed by atoms with Gasteiger partial charge in [0, 0.05) is 0 Å². The lowest BCUT2D eigenvalue weighted by molar-refractivity contribution is 1.11. The Morgan fingerprint density at radius 3 is 0.722 bits per heavy atom. The maximum Gasteiger partial charge on any atom is 0.241 e. The zero-order chi connectivity index (χ0) is 13.9. The van der Waals surface area contributed by atoms with E-state index in [4.69, 9.17) is 0 Å². The SMILES string of the molecule is C=C[Si]1(C=C)N[Si](C=C)(C=C)N[Si](C=C)(C=C)N1. The van der Waals surface area contributed by atoms with Crippen molar-refractivity contribution in [2.75, 3.05) is 0 Å². The zero-order valence-electron chi connectivity index (χ0n) is 10.7. The molecule has 6 heteroatoms. The van der Waals surface area contributed by atoms with E-state index in [9.17, 15) is 0 Å². The van der Waals surface area contributed by atoms with Gasteiger partial charge in [-0.2, -0.15) is 0 Å². The fourth-order valence-electron chi connectivity index (χ4n) is 1.98. The minimum Gasteiger partial charge on any atom is -0.323 e. The average molecular weight is 292 g/mol. The second kappa shape index (κ2) is 5.31. The van der Waals surface area contributed by atoms with Crippen molar-refractivity contribution in [3.05, 3.63) is 73.7 Å². The van der Waals surface area contributed by atoms with Gasteiger partial charge < -0.3 is 13.9 Å². The molecule has 0 saturated carbocycles. The largest absolute Gasteiger partial charge is 0.323 e. The Morgan fingerprint density at radius 2 is 0.611 bits per heavy atom. The highest BCUT2D eigenvalue weighted by molar-refractivity contribution is 7.14. The minimum atomic E-state index is -2.18. The summed E-state index contributed by atoms with van der Waals surface area (Å²) in [6.45, 7) is 23.6. The molecule has 0 spiro atoms. The van der Waals surface area contributed by atoms with Gasteiger partial charge in [-0.05, 0) is 0 Å². The van der Waals surface area contributed by atoms with Gasteiger partial charge in [-0.3, -0.25) is 0 Å². The molecule has 1 fully saturated rings. The summed E-state index contributed by atoms with van der Waals surface area (Å²) in [5.41, 5.74) is 11.6. The third kappa shape index (κ3) is 2.39. The van der Waals surface area contributed by atoms with Crippen LogP contribution in [0.5, 0.6) is 0 Å². The molecule has 1 rings (SSSR count). The lowest BCUT2D eigenvalue weighted by Gasteiger charge is -2.50. The summed E-state index contributed by atoms with van der Waals surface area (Å²) >= 11 is 0. The molecule has 0 aromatic carbocycles. The molecule has 0 aromatic heterocycles. The van der Waals surface area contributed by atoms with Crippen molar-refractivity contribution in [2.45, 2.75) is 0 Å². The highest BCUT2D eigenvalue weighted by Gasteiger charge is 2.51. The molecule has 1 saturated heterocycles. The topological polar surface area (TPSA) is 36.1 Å². The molecule has 96 valence electrons. The number of hydrogen-bond donors (Lipinski definition) is 3. The normalized spacial score (nSPS) is 23.3.